The van der Waals surface area contributed by atoms with Gasteiger partial charge in [0.1, 0.15) is 23.7 Å². The summed E-state index contributed by atoms with van der Waals surface area (Å²) in [5, 5.41) is 11.4. The zero-order valence-corrected chi connectivity index (χ0v) is 9.02. The third kappa shape index (κ3) is 2.37. The Morgan fingerprint density at radius 1 is 1.53 bits per heavy atom. The summed E-state index contributed by atoms with van der Waals surface area (Å²) >= 11 is 0. The van der Waals surface area contributed by atoms with Crippen LogP contribution in [0.3, 0.4) is 0 Å². The SMILES string of the molecule is N[C@@H]1C(=O)Nc2cc(F)ccc2O[C@@H]1CCO. The highest BCUT2D eigenvalue weighted by Crippen LogP contribution is 2.29. The molecular weight excluding hydrogens is 227 g/mol. The largest absolute Gasteiger partial charge is 0.486 e. The molecule has 4 N–H and O–H groups in total. The molecule has 1 aromatic rings. The van der Waals surface area contributed by atoms with E-state index in [4.69, 9.17) is 15.6 Å². The number of benzene rings is 1. The molecule has 1 aromatic carbocycles. The second kappa shape index (κ2) is 4.68. The summed E-state index contributed by atoms with van der Waals surface area (Å²) in [7, 11) is 0. The zero-order chi connectivity index (χ0) is 12.4. The molecule has 0 saturated heterocycles. The number of fused-ring (bicyclic) bond motifs is 1. The Bertz CT molecular complexity index is 439. The number of halogens is 1. The summed E-state index contributed by atoms with van der Waals surface area (Å²) < 4.78 is 18.5. The molecule has 0 aromatic heterocycles. The number of rotatable bonds is 2. The summed E-state index contributed by atoms with van der Waals surface area (Å²) in [6.45, 7) is -0.137. The number of aliphatic hydroxyl groups is 1. The second-order valence-electron chi connectivity index (χ2n) is 3.82. The predicted molar refractivity (Wildman–Crippen MR) is 59.1 cm³/mol. The lowest BCUT2D eigenvalue weighted by molar-refractivity contribution is -0.119. The predicted octanol–water partition coefficient (Wildman–Crippen LogP) is 0.235. The van der Waals surface area contributed by atoms with Gasteiger partial charge in [0.2, 0.25) is 5.91 Å². The van der Waals surface area contributed by atoms with Gasteiger partial charge in [0.25, 0.3) is 0 Å². The number of nitrogens with one attached hydrogen (secondary N) is 1. The fourth-order valence-corrected chi connectivity index (χ4v) is 1.69. The summed E-state index contributed by atoms with van der Waals surface area (Å²) in [4.78, 5) is 11.7. The molecule has 2 rings (SSSR count). The minimum atomic E-state index is -0.891. The van der Waals surface area contributed by atoms with Crippen molar-refractivity contribution < 1.29 is 19.0 Å². The van der Waals surface area contributed by atoms with Crippen LogP contribution in [0.4, 0.5) is 10.1 Å². The van der Waals surface area contributed by atoms with Crippen LogP contribution in [0.15, 0.2) is 18.2 Å². The number of ether oxygens (including phenoxy) is 1. The van der Waals surface area contributed by atoms with E-state index in [1.165, 1.54) is 18.2 Å². The maximum Gasteiger partial charge on any atom is 0.245 e. The summed E-state index contributed by atoms with van der Waals surface area (Å²) in [5.74, 6) is -0.569. The number of anilines is 1. The first-order valence-electron chi connectivity index (χ1n) is 5.25. The lowest BCUT2D eigenvalue weighted by atomic mass is 10.1. The quantitative estimate of drug-likeness (QED) is 0.691. The van der Waals surface area contributed by atoms with Crippen molar-refractivity contribution in [3.63, 3.8) is 0 Å². The number of amides is 1. The molecule has 0 bridgehead atoms. The Hall–Kier alpha value is -1.66. The highest BCUT2D eigenvalue weighted by atomic mass is 19.1. The third-order valence-corrected chi connectivity index (χ3v) is 2.59. The van der Waals surface area contributed by atoms with Gasteiger partial charge in [-0.15, -0.1) is 0 Å². The average Bonchev–Trinajstić information content (AvgIpc) is 2.40. The molecule has 0 aliphatic carbocycles. The van der Waals surface area contributed by atoms with Crippen molar-refractivity contribution in [2.45, 2.75) is 18.6 Å². The van der Waals surface area contributed by atoms with Crippen molar-refractivity contribution in [3.05, 3.63) is 24.0 Å². The van der Waals surface area contributed by atoms with E-state index < -0.39 is 23.9 Å². The van der Waals surface area contributed by atoms with Crippen LogP contribution in [0.1, 0.15) is 6.42 Å². The molecule has 1 aliphatic rings. The van der Waals surface area contributed by atoms with E-state index in [1.807, 2.05) is 0 Å². The monoisotopic (exact) mass is 240 g/mol. The van der Waals surface area contributed by atoms with E-state index in [-0.39, 0.29) is 18.7 Å². The van der Waals surface area contributed by atoms with Crippen molar-refractivity contribution in [2.75, 3.05) is 11.9 Å². The number of hydrogen-bond acceptors (Lipinski definition) is 4. The van der Waals surface area contributed by atoms with Crippen LogP contribution in [0, 0.1) is 5.82 Å². The molecule has 6 heteroatoms. The molecule has 92 valence electrons. The van der Waals surface area contributed by atoms with Crippen LogP contribution < -0.4 is 15.8 Å². The van der Waals surface area contributed by atoms with Gasteiger partial charge in [-0.1, -0.05) is 0 Å². The first-order valence-corrected chi connectivity index (χ1v) is 5.25. The number of carbonyl (C=O) groups is 1. The standard InChI is InChI=1S/C11H13FN2O3/c12-6-1-2-8-7(5-6)14-11(16)10(13)9(17-8)3-4-15/h1-2,5,9-10,15H,3-4,13H2,(H,14,16)/t9-,10+/m1/s1. The number of hydrogen-bond donors (Lipinski definition) is 3. The van der Waals surface area contributed by atoms with E-state index in [9.17, 15) is 9.18 Å². The summed E-state index contributed by atoms with van der Waals surface area (Å²) in [6.07, 6.45) is -0.377. The van der Waals surface area contributed by atoms with Crippen molar-refractivity contribution in [2.24, 2.45) is 5.73 Å². The van der Waals surface area contributed by atoms with Gasteiger partial charge in [0.15, 0.2) is 0 Å². The van der Waals surface area contributed by atoms with Gasteiger partial charge < -0.3 is 20.9 Å². The van der Waals surface area contributed by atoms with Gasteiger partial charge in [0.05, 0.1) is 5.69 Å². The van der Waals surface area contributed by atoms with Crippen molar-refractivity contribution in [1.82, 2.24) is 0 Å². The summed E-state index contributed by atoms with van der Waals surface area (Å²) in [5.41, 5.74) is 5.94. The van der Waals surface area contributed by atoms with Crippen LogP contribution in [0.5, 0.6) is 5.75 Å². The minimum absolute atomic E-state index is 0.137. The summed E-state index contributed by atoms with van der Waals surface area (Å²) in [6, 6.07) is 2.93. The van der Waals surface area contributed by atoms with Crippen LogP contribution in [-0.4, -0.2) is 29.8 Å². The van der Waals surface area contributed by atoms with Crippen LogP contribution >= 0.6 is 0 Å². The Morgan fingerprint density at radius 2 is 2.29 bits per heavy atom. The van der Waals surface area contributed by atoms with E-state index in [2.05, 4.69) is 5.32 Å². The Labute approximate surface area is 97.4 Å². The zero-order valence-electron chi connectivity index (χ0n) is 9.02. The average molecular weight is 240 g/mol. The van der Waals surface area contributed by atoms with Crippen molar-refractivity contribution >= 4 is 11.6 Å². The van der Waals surface area contributed by atoms with Gasteiger partial charge in [-0.3, -0.25) is 4.79 Å². The molecule has 1 heterocycles. The second-order valence-corrected chi connectivity index (χ2v) is 3.82. The van der Waals surface area contributed by atoms with Crippen molar-refractivity contribution in [3.8, 4) is 5.75 Å². The number of carbonyl (C=O) groups excluding carboxylic acids is 1. The third-order valence-electron chi connectivity index (χ3n) is 2.59. The molecular formula is C11H13FN2O3. The highest BCUT2D eigenvalue weighted by Gasteiger charge is 2.30. The van der Waals surface area contributed by atoms with Gasteiger partial charge in [-0.25, -0.2) is 4.39 Å². The molecule has 1 amide bonds. The highest BCUT2D eigenvalue weighted by molar-refractivity contribution is 5.97. The van der Waals surface area contributed by atoms with Crippen LogP contribution in [0.25, 0.3) is 0 Å². The molecule has 0 radical (unpaired) electrons. The minimum Gasteiger partial charge on any atom is -0.486 e. The maximum atomic E-state index is 13.0. The van der Waals surface area contributed by atoms with Crippen LogP contribution in [-0.2, 0) is 4.79 Å². The van der Waals surface area contributed by atoms with E-state index in [0.29, 0.717) is 5.75 Å². The first-order chi connectivity index (χ1) is 8.11. The molecule has 0 spiro atoms. The fraction of sp³-hybridized carbons (Fsp3) is 0.364. The Morgan fingerprint density at radius 3 is 3.00 bits per heavy atom. The van der Waals surface area contributed by atoms with Gasteiger partial charge in [-0.2, -0.15) is 0 Å². The lowest BCUT2D eigenvalue weighted by Crippen LogP contribution is -2.46. The van der Waals surface area contributed by atoms with Crippen LogP contribution in [0.2, 0.25) is 0 Å². The Kier molecular flexibility index (Phi) is 3.26. The first kappa shape index (κ1) is 11.8. The van der Waals surface area contributed by atoms with Gasteiger partial charge in [-0.05, 0) is 12.1 Å². The molecule has 2 atom stereocenters. The van der Waals surface area contributed by atoms with E-state index in [1.54, 1.807) is 0 Å². The molecule has 0 unspecified atom stereocenters. The Balaban J connectivity index is 2.34. The lowest BCUT2D eigenvalue weighted by Gasteiger charge is -2.19. The molecule has 0 saturated carbocycles. The topological polar surface area (TPSA) is 84.6 Å². The molecule has 0 fully saturated rings. The van der Waals surface area contributed by atoms with E-state index in [0.717, 1.165) is 0 Å². The van der Waals surface area contributed by atoms with Gasteiger partial charge in [0, 0.05) is 19.1 Å². The fourth-order valence-electron chi connectivity index (χ4n) is 1.69. The van der Waals surface area contributed by atoms with Crippen molar-refractivity contribution in [1.29, 1.82) is 0 Å². The maximum absolute atomic E-state index is 13.0. The molecule has 1 aliphatic heterocycles. The molecule has 5 nitrogen and oxygen atoms in total. The normalized spacial score (nSPS) is 23.4. The van der Waals surface area contributed by atoms with Gasteiger partial charge >= 0.3 is 0 Å². The smallest absolute Gasteiger partial charge is 0.245 e. The van der Waals surface area contributed by atoms with E-state index >= 15 is 0 Å². The number of aliphatic hydroxyl groups excluding tert-OH is 1. The number of nitrogens with two attached hydrogens (primary N) is 1. The molecule has 17 heavy (non-hydrogen) atoms.